The van der Waals surface area contributed by atoms with Crippen molar-refractivity contribution in [3.8, 4) is 5.69 Å². The molecule has 1 amide bonds. The number of aromatic nitrogens is 3. The molecule has 1 aliphatic rings. The highest BCUT2D eigenvalue weighted by Gasteiger charge is 2.25. The van der Waals surface area contributed by atoms with Crippen LogP contribution in [-0.4, -0.2) is 26.7 Å². The first-order valence-corrected chi connectivity index (χ1v) is 8.76. The van der Waals surface area contributed by atoms with E-state index in [2.05, 4.69) is 32.8 Å². The molecule has 4 rings (SSSR count). The van der Waals surface area contributed by atoms with Crippen LogP contribution >= 0.6 is 12.4 Å². The third-order valence-electron chi connectivity index (χ3n) is 4.81. The van der Waals surface area contributed by atoms with Crippen molar-refractivity contribution >= 4 is 18.3 Å². The lowest BCUT2D eigenvalue weighted by Crippen LogP contribution is -2.48. The number of benzene rings is 2. The summed E-state index contributed by atoms with van der Waals surface area (Å²) < 4.78 is 1.71. The molecule has 2 N–H and O–H groups in total. The van der Waals surface area contributed by atoms with E-state index in [0.29, 0.717) is 6.42 Å². The monoisotopic (exact) mass is 383 g/mol. The van der Waals surface area contributed by atoms with E-state index in [1.54, 1.807) is 11.0 Å². The van der Waals surface area contributed by atoms with Gasteiger partial charge in [0.1, 0.15) is 12.7 Å². The van der Waals surface area contributed by atoms with E-state index in [-0.39, 0.29) is 30.4 Å². The maximum Gasteiger partial charge on any atom is 0.237 e. The summed E-state index contributed by atoms with van der Waals surface area (Å²) in [6.07, 6.45) is 3.88. The lowest BCUT2D eigenvalue weighted by molar-refractivity contribution is -0.124. The minimum absolute atomic E-state index is 0. The van der Waals surface area contributed by atoms with E-state index >= 15 is 0 Å². The molecule has 0 saturated heterocycles. The number of halogens is 1. The van der Waals surface area contributed by atoms with Crippen molar-refractivity contribution in [2.75, 3.05) is 0 Å². The molecule has 2 atom stereocenters. The van der Waals surface area contributed by atoms with Gasteiger partial charge in [-0.25, -0.2) is 9.67 Å². The van der Waals surface area contributed by atoms with E-state index in [9.17, 15) is 4.79 Å². The Morgan fingerprint density at radius 2 is 2.04 bits per heavy atom. The van der Waals surface area contributed by atoms with Crippen molar-refractivity contribution in [1.82, 2.24) is 25.4 Å². The van der Waals surface area contributed by atoms with Gasteiger partial charge in [-0.1, -0.05) is 36.4 Å². The summed E-state index contributed by atoms with van der Waals surface area (Å²) in [5.41, 5.74) is 4.46. The van der Waals surface area contributed by atoms with Crippen LogP contribution in [0.5, 0.6) is 0 Å². The van der Waals surface area contributed by atoms with Gasteiger partial charge in [-0.05, 0) is 42.2 Å². The Kier molecular flexibility index (Phi) is 5.88. The number of rotatable bonds is 4. The van der Waals surface area contributed by atoms with Gasteiger partial charge in [-0.3, -0.25) is 4.79 Å². The van der Waals surface area contributed by atoms with E-state index < -0.39 is 0 Å². The summed E-state index contributed by atoms with van der Waals surface area (Å²) >= 11 is 0. The summed E-state index contributed by atoms with van der Waals surface area (Å²) in [6.45, 7) is 2.72. The third-order valence-corrected chi connectivity index (χ3v) is 4.81. The van der Waals surface area contributed by atoms with Gasteiger partial charge in [-0.2, -0.15) is 5.10 Å². The zero-order valence-electron chi connectivity index (χ0n) is 15.0. The summed E-state index contributed by atoms with van der Waals surface area (Å²) in [6, 6.07) is 15.9. The average molecular weight is 384 g/mol. The SMILES string of the molecule is CC(NC(=O)C1Cc2ccccc2CN1)c1cccc(-n2cncn2)c1.Cl. The van der Waals surface area contributed by atoms with Crippen molar-refractivity contribution in [2.24, 2.45) is 0 Å². The van der Waals surface area contributed by atoms with Crippen molar-refractivity contribution in [2.45, 2.75) is 32.0 Å². The summed E-state index contributed by atoms with van der Waals surface area (Å²) in [7, 11) is 0. The van der Waals surface area contributed by atoms with Crippen LogP contribution in [0.2, 0.25) is 0 Å². The first kappa shape index (κ1) is 19.1. The second-order valence-electron chi connectivity index (χ2n) is 6.57. The lowest BCUT2D eigenvalue weighted by atomic mass is 9.95. The molecule has 2 heterocycles. The van der Waals surface area contributed by atoms with Crippen molar-refractivity contribution < 1.29 is 4.79 Å². The predicted molar refractivity (Wildman–Crippen MR) is 106 cm³/mol. The van der Waals surface area contributed by atoms with E-state index in [1.165, 1.54) is 17.5 Å². The molecule has 2 aromatic carbocycles. The van der Waals surface area contributed by atoms with Crippen molar-refractivity contribution in [3.63, 3.8) is 0 Å². The number of nitrogens with zero attached hydrogens (tertiary/aromatic N) is 3. The second-order valence-corrected chi connectivity index (χ2v) is 6.57. The Morgan fingerprint density at radius 3 is 2.81 bits per heavy atom. The average Bonchev–Trinajstić information content (AvgIpc) is 3.22. The smallest absolute Gasteiger partial charge is 0.237 e. The summed E-state index contributed by atoms with van der Waals surface area (Å²) in [5.74, 6) is 0.0261. The highest BCUT2D eigenvalue weighted by atomic mass is 35.5. The van der Waals surface area contributed by atoms with Crippen LogP contribution in [0.1, 0.15) is 29.7 Å². The number of fused-ring (bicyclic) bond motifs is 1. The van der Waals surface area contributed by atoms with E-state index in [1.807, 2.05) is 43.3 Å². The van der Waals surface area contributed by atoms with Crippen LogP contribution in [0.25, 0.3) is 5.69 Å². The topological polar surface area (TPSA) is 71.8 Å². The van der Waals surface area contributed by atoms with Crippen LogP contribution in [0, 0.1) is 0 Å². The van der Waals surface area contributed by atoms with E-state index in [4.69, 9.17) is 0 Å². The van der Waals surface area contributed by atoms with Gasteiger partial charge in [0.2, 0.25) is 5.91 Å². The molecule has 0 saturated carbocycles. The quantitative estimate of drug-likeness (QED) is 0.726. The van der Waals surface area contributed by atoms with Gasteiger partial charge < -0.3 is 10.6 Å². The first-order chi connectivity index (χ1) is 12.7. The Bertz CT molecular complexity index is 912. The summed E-state index contributed by atoms with van der Waals surface area (Å²) in [5, 5.41) is 10.6. The van der Waals surface area contributed by atoms with Crippen LogP contribution in [-0.2, 0) is 17.8 Å². The van der Waals surface area contributed by atoms with Crippen LogP contribution in [0.3, 0.4) is 0 Å². The van der Waals surface area contributed by atoms with Crippen molar-refractivity contribution in [1.29, 1.82) is 0 Å². The molecule has 7 heteroatoms. The lowest BCUT2D eigenvalue weighted by Gasteiger charge is -2.27. The van der Waals surface area contributed by atoms with Crippen molar-refractivity contribution in [3.05, 3.63) is 77.9 Å². The zero-order chi connectivity index (χ0) is 17.9. The van der Waals surface area contributed by atoms with Gasteiger partial charge in [0, 0.05) is 6.54 Å². The predicted octanol–water partition coefficient (Wildman–Crippen LogP) is 2.58. The van der Waals surface area contributed by atoms with E-state index in [0.717, 1.165) is 17.8 Å². The molecule has 1 aliphatic heterocycles. The Hall–Kier alpha value is -2.70. The standard InChI is InChI=1S/C20H21N5O.ClH/c1-14(15-7-4-8-18(9-15)25-13-21-12-23-25)24-20(26)19-10-16-5-2-3-6-17(16)11-22-19;/h2-9,12-14,19,22H,10-11H2,1H3,(H,24,26);1H. The van der Waals surface area contributed by atoms with Gasteiger partial charge >= 0.3 is 0 Å². The van der Waals surface area contributed by atoms with Crippen LogP contribution in [0.15, 0.2) is 61.2 Å². The second kappa shape index (κ2) is 8.33. The molecule has 0 fully saturated rings. The van der Waals surface area contributed by atoms with Crippen LogP contribution < -0.4 is 10.6 Å². The number of hydrogen-bond acceptors (Lipinski definition) is 4. The fraction of sp³-hybridized carbons (Fsp3) is 0.250. The maximum absolute atomic E-state index is 12.7. The number of carbonyl (C=O) groups is 1. The molecule has 0 radical (unpaired) electrons. The van der Waals surface area contributed by atoms with Gasteiger partial charge in [-0.15, -0.1) is 12.4 Å². The Labute approximate surface area is 164 Å². The molecular formula is C20H22ClN5O. The first-order valence-electron chi connectivity index (χ1n) is 8.76. The number of amides is 1. The fourth-order valence-electron chi connectivity index (χ4n) is 3.32. The minimum atomic E-state index is -0.203. The maximum atomic E-state index is 12.7. The van der Waals surface area contributed by atoms with Gasteiger partial charge in [0.05, 0.1) is 17.8 Å². The normalized spacial score (nSPS) is 16.7. The molecule has 6 nitrogen and oxygen atoms in total. The number of carbonyl (C=O) groups excluding carboxylic acids is 1. The highest BCUT2D eigenvalue weighted by Crippen LogP contribution is 2.19. The highest BCUT2D eigenvalue weighted by molar-refractivity contribution is 5.85. The Morgan fingerprint density at radius 1 is 1.22 bits per heavy atom. The molecule has 2 unspecified atom stereocenters. The number of hydrogen-bond donors (Lipinski definition) is 2. The molecule has 140 valence electrons. The largest absolute Gasteiger partial charge is 0.348 e. The molecule has 1 aromatic heterocycles. The molecule has 0 aliphatic carbocycles. The Balaban J connectivity index is 0.00000210. The molecule has 3 aromatic rings. The van der Waals surface area contributed by atoms with Gasteiger partial charge in [0.15, 0.2) is 0 Å². The molecular weight excluding hydrogens is 362 g/mol. The fourth-order valence-corrected chi connectivity index (χ4v) is 3.32. The number of nitrogens with one attached hydrogen (secondary N) is 2. The zero-order valence-corrected chi connectivity index (χ0v) is 15.8. The third kappa shape index (κ3) is 4.18. The minimum Gasteiger partial charge on any atom is -0.348 e. The summed E-state index contributed by atoms with van der Waals surface area (Å²) in [4.78, 5) is 16.7. The van der Waals surface area contributed by atoms with Gasteiger partial charge in [0.25, 0.3) is 0 Å². The van der Waals surface area contributed by atoms with Crippen LogP contribution in [0.4, 0.5) is 0 Å². The molecule has 0 bridgehead atoms. The molecule has 0 spiro atoms. The molecule has 27 heavy (non-hydrogen) atoms.